The molecule has 2 aromatic heterocycles. The Morgan fingerprint density at radius 3 is 3.06 bits per heavy atom. The Morgan fingerprint density at radius 1 is 1.38 bits per heavy atom. The first kappa shape index (κ1) is 11.3. The van der Waals surface area contributed by atoms with Crippen molar-refractivity contribution in [2.75, 3.05) is 6.54 Å². The molecule has 86 valence electrons. The van der Waals surface area contributed by atoms with Gasteiger partial charge in [-0.05, 0) is 30.8 Å². The third-order valence-electron chi connectivity index (χ3n) is 2.27. The molecule has 16 heavy (non-hydrogen) atoms. The van der Waals surface area contributed by atoms with Crippen molar-refractivity contribution in [2.45, 2.75) is 25.7 Å². The molecule has 2 rings (SSSR count). The molecule has 5 heteroatoms. The fourth-order valence-electron chi connectivity index (χ4n) is 1.45. The fraction of sp³-hybridized carbons (Fsp3) is 0.455. The summed E-state index contributed by atoms with van der Waals surface area (Å²) < 4.78 is 5.16. The molecule has 0 saturated carbocycles. The summed E-state index contributed by atoms with van der Waals surface area (Å²) in [6.45, 7) is 0.718. The van der Waals surface area contributed by atoms with E-state index in [0.29, 0.717) is 0 Å². The number of rotatable bonds is 6. The predicted octanol–water partition coefficient (Wildman–Crippen LogP) is 2.00. The topological polar surface area (TPSA) is 64.9 Å². The van der Waals surface area contributed by atoms with Crippen LogP contribution < -0.4 is 5.73 Å². The van der Waals surface area contributed by atoms with Crippen LogP contribution in [-0.4, -0.2) is 16.7 Å². The van der Waals surface area contributed by atoms with E-state index in [2.05, 4.69) is 21.6 Å². The summed E-state index contributed by atoms with van der Waals surface area (Å²) in [7, 11) is 0. The summed E-state index contributed by atoms with van der Waals surface area (Å²) >= 11 is 1.71. The summed E-state index contributed by atoms with van der Waals surface area (Å²) in [4.78, 5) is 5.60. The Morgan fingerprint density at radius 2 is 2.31 bits per heavy atom. The van der Waals surface area contributed by atoms with Gasteiger partial charge in [0.25, 0.3) is 0 Å². The Balaban J connectivity index is 1.87. The first-order chi connectivity index (χ1) is 7.88. The third kappa shape index (κ3) is 3.15. The molecule has 0 aliphatic carbocycles. The van der Waals surface area contributed by atoms with E-state index in [9.17, 15) is 0 Å². The molecule has 2 aromatic rings. The normalized spacial score (nSPS) is 10.8. The van der Waals surface area contributed by atoms with Gasteiger partial charge < -0.3 is 10.3 Å². The van der Waals surface area contributed by atoms with Crippen molar-refractivity contribution < 1.29 is 4.52 Å². The van der Waals surface area contributed by atoms with Crippen LogP contribution >= 0.6 is 11.3 Å². The van der Waals surface area contributed by atoms with Gasteiger partial charge in [0.1, 0.15) is 0 Å². The molecule has 0 saturated heterocycles. The maximum Gasteiger partial charge on any atom is 0.226 e. The molecule has 2 N–H and O–H groups in total. The monoisotopic (exact) mass is 237 g/mol. The second kappa shape index (κ2) is 5.77. The van der Waals surface area contributed by atoms with E-state index in [1.54, 1.807) is 11.3 Å². The van der Waals surface area contributed by atoms with Gasteiger partial charge in [0, 0.05) is 17.7 Å². The molecular formula is C11H15N3OS. The molecule has 0 bridgehead atoms. The number of aromatic nitrogens is 2. The average molecular weight is 237 g/mol. The smallest absolute Gasteiger partial charge is 0.226 e. The Labute approximate surface area is 98.5 Å². The Hall–Kier alpha value is -1.20. The van der Waals surface area contributed by atoms with Crippen LogP contribution in [0.25, 0.3) is 0 Å². The SMILES string of the molecule is NCCCCc1nc(Cc2cccs2)no1. The quantitative estimate of drug-likeness (QED) is 0.780. The van der Waals surface area contributed by atoms with Gasteiger partial charge in [-0.25, -0.2) is 0 Å². The molecule has 0 spiro atoms. The first-order valence-electron chi connectivity index (χ1n) is 5.42. The zero-order valence-electron chi connectivity index (χ0n) is 9.06. The van der Waals surface area contributed by atoms with E-state index in [0.717, 1.165) is 43.9 Å². The highest BCUT2D eigenvalue weighted by molar-refractivity contribution is 7.09. The summed E-state index contributed by atoms with van der Waals surface area (Å²) in [5, 5.41) is 6.01. The van der Waals surface area contributed by atoms with Gasteiger partial charge >= 0.3 is 0 Å². The number of nitrogens with two attached hydrogens (primary N) is 1. The van der Waals surface area contributed by atoms with Crippen molar-refractivity contribution in [2.24, 2.45) is 5.73 Å². The van der Waals surface area contributed by atoms with Gasteiger partial charge in [0.15, 0.2) is 5.82 Å². The number of nitrogens with zero attached hydrogens (tertiary/aromatic N) is 2. The molecule has 2 heterocycles. The highest BCUT2D eigenvalue weighted by Gasteiger charge is 2.07. The zero-order valence-corrected chi connectivity index (χ0v) is 9.87. The lowest BCUT2D eigenvalue weighted by atomic mass is 10.2. The lowest BCUT2D eigenvalue weighted by molar-refractivity contribution is 0.370. The van der Waals surface area contributed by atoms with Crippen molar-refractivity contribution >= 4 is 11.3 Å². The average Bonchev–Trinajstić information content (AvgIpc) is 2.91. The van der Waals surface area contributed by atoms with E-state index in [1.807, 2.05) is 6.07 Å². The van der Waals surface area contributed by atoms with Crippen LogP contribution in [0.3, 0.4) is 0 Å². The molecule has 0 aliphatic heterocycles. The standard InChI is InChI=1S/C11H15N3OS/c12-6-2-1-5-11-13-10(14-15-11)8-9-4-3-7-16-9/h3-4,7H,1-2,5-6,8,12H2. The zero-order chi connectivity index (χ0) is 11.2. The number of unbranched alkanes of at least 4 members (excludes halogenated alkanes) is 1. The van der Waals surface area contributed by atoms with Crippen LogP contribution in [0.1, 0.15) is 29.4 Å². The number of aryl methyl sites for hydroxylation is 1. The second-order valence-electron chi connectivity index (χ2n) is 3.61. The third-order valence-corrected chi connectivity index (χ3v) is 3.14. The molecule has 0 fully saturated rings. The summed E-state index contributed by atoms with van der Waals surface area (Å²) in [6, 6.07) is 4.11. The van der Waals surface area contributed by atoms with Crippen LogP contribution in [0, 0.1) is 0 Å². The van der Waals surface area contributed by atoms with Crippen molar-refractivity contribution in [3.05, 3.63) is 34.1 Å². The molecular weight excluding hydrogens is 222 g/mol. The summed E-state index contributed by atoms with van der Waals surface area (Å²) in [5.74, 6) is 1.49. The maximum atomic E-state index is 5.42. The van der Waals surface area contributed by atoms with Crippen LogP contribution in [0.4, 0.5) is 0 Å². The predicted molar refractivity (Wildman–Crippen MR) is 63.4 cm³/mol. The molecule has 0 unspecified atom stereocenters. The maximum absolute atomic E-state index is 5.42. The fourth-order valence-corrected chi connectivity index (χ4v) is 2.15. The largest absolute Gasteiger partial charge is 0.339 e. The van der Waals surface area contributed by atoms with Crippen molar-refractivity contribution in [1.29, 1.82) is 0 Å². The van der Waals surface area contributed by atoms with E-state index in [4.69, 9.17) is 10.3 Å². The van der Waals surface area contributed by atoms with Crippen LogP contribution in [0.5, 0.6) is 0 Å². The summed E-state index contributed by atoms with van der Waals surface area (Å²) in [6.07, 6.45) is 3.60. The minimum atomic E-state index is 0.718. The van der Waals surface area contributed by atoms with Gasteiger partial charge in [-0.15, -0.1) is 11.3 Å². The minimum absolute atomic E-state index is 0.718. The van der Waals surface area contributed by atoms with E-state index in [1.165, 1.54) is 4.88 Å². The molecule has 4 nitrogen and oxygen atoms in total. The van der Waals surface area contributed by atoms with E-state index >= 15 is 0 Å². The van der Waals surface area contributed by atoms with Gasteiger partial charge in [-0.1, -0.05) is 11.2 Å². The molecule has 0 atom stereocenters. The summed E-state index contributed by atoms with van der Waals surface area (Å²) in [5.41, 5.74) is 5.42. The molecule has 0 aromatic carbocycles. The number of thiophene rings is 1. The Kier molecular flexibility index (Phi) is 4.07. The van der Waals surface area contributed by atoms with Crippen molar-refractivity contribution in [3.63, 3.8) is 0 Å². The highest BCUT2D eigenvalue weighted by atomic mass is 32.1. The van der Waals surface area contributed by atoms with Crippen molar-refractivity contribution in [1.82, 2.24) is 10.1 Å². The highest BCUT2D eigenvalue weighted by Crippen LogP contribution is 2.13. The molecule has 0 radical (unpaired) electrons. The lowest BCUT2D eigenvalue weighted by Gasteiger charge is -1.91. The Bertz CT molecular complexity index is 411. The number of hydrogen-bond acceptors (Lipinski definition) is 5. The van der Waals surface area contributed by atoms with Crippen molar-refractivity contribution in [3.8, 4) is 0 Å². The van der Waals surface area contributed by atoms with Gasteiger partial charge in [-0.2, -0.15) is 4.98 Å². The van der Waals surface area contributed by atoms with Gasteiger partial charge in [-0.3, -0.25) is 0 Å². The molecule has 0 amide bonds. The minimum Gasteiger partial charge on any atom is -0.339 e. The van der Waals surface area contributed by atoms with Gasteiger partial charge in [0.05, 0.1) is 0 Å². The van der Waals surface area contributed by atoms with E-state index in [-0.39, 0.29) is 0 Å². The van der Waals surface area contributed by atoms with Crippen LogP contribution in [-0.2, 0) is 12.8 Å². The lowest BCUT2D eigenvalue weighted by Crippen LogP contribution is -1.99. The van der Waals surface area contributed by atoms with E-state index < -0.39 is 0 Å². The van der Waals surface area contributed by atoms with Crippen LogP contribution in [0.2, 0.25) is 0 Å². The number of hydrogen-bond donors (Lipinski definition) is 1. The van der Waals surface area contributed by atoms with Crippen LogP contribution in [0.15, 0.2) is 22.0 Å². The van der Waals surface area contributed by atoms with Gasteiger partial charge in [0.2, 0.25) is 5.89 Å². The molecule has 0 aliphatic rings. The second-order valence-corrected chi connectivity index (χ2v) is 4.64. The first-order valence-corrected chi connectivity index (χ1v) is 6.30.